The van der Waals surface area contributed by atoms with Crippen LogP contribution in [-0.2, 0) is 13.0 Å². The molecule has 0 unspecified atom stereocenters. The van der Waals surface area contributed by atoms with E-state index in [-0.39, 0.29) is 0 Å². The normalized spacial score (nSPS) is 17.7. The minimum Gasteiger partial charge on any atom is -0.305 e. The molecule has 2 aromatic rings. The van der Waals surface area contributed by atoms with Gasteiger partial charge in [-0.15, -0.1) is 0 Å². The van der Waals surface area contributed by atoms with E-state index in [0.717, 1.165) is 49.3 Å². The fourth-order valence-corrected chi connectivity index (χ4v) is 3.97. The third-order valence-electron chi connectivity index (χ3n) is 5.51. The van der Waals surface area contributed by atoms with E-state index in [2.05, 4.69) is 71.5 Å². The lowest BCUT2D eigenvalue weighted by Crippen LogP contribution is -2.28. The highest BCUT2D eigenvalue weighted by Crippen LogP contribution is 2.29. The van der Waals surface area contributed by atoms with E-state index in [1.165, 1.54) is 29.7 Å². The Kier molecular flexibility index (Phi) is 4.88. The Labute approximate surface area is 156 Å². The van der Waals surface area contributed by atoms with Crippen molar-refractivity contribution in [3.05, 3.63) is 64.7 Å². The average Bonchev–Trinajstić information content (AvgIpc) is 3.04. The van der Waals surface area contributed by atoms with Crippen molar-refractivity contribution < 1.29 is 0 Å². The van der Waals surface area contributed by atoms with E-state index >= 15 is 0 Å². The Bertz CT molecular complexity index is 876. The molecule has 0 N–H and O–H groups in total. The summed E-state index contributed by atoms with van der Waals surface area (Å²) in [5.74, 6) is 0. The fraction of sp³-hybridized carbons (Fsp3) is 0.348. The number of allylic oxidation sites excluding steroid dienone is 1. The van der Waals surface area contributed by atoms with E-state index in [4.69, 9.17) is 0 Å². The highest BCUT2D eigenvalue weighted by atomic mass is 15.2. The highest BCUT2D eigenvalue weighted by molar-refractivity contribution is 5.75. The van der Waals surface area contributed by atoms with Crippen LogP contribution in [0.25, 0.3) is 17.2 Å². The molecule has 3 heteroatoms. The molecule has 1 aliphatic heterocycles. The Hall–Kier alpha value is -2.41. The van der Waals surface area contributed by atoms with E-state index in [0.29, 0.717) is 0 Å². The summed E-state index contributed by atoms with van der Waals surface area (Å²) in [7, 11) is 2.19. The molecule has 4 rings (SSSR count). The molecule has 0 radical (unpaired) electrons. The van der Waals surface area contributed by atoms with Crippen LogP contribution in [0.1, 0.15) is 28.7 Å². The fourth-order valence-electron chi connectivity index (χ4n) is 3.97. The van der Waals surface area contributed by atoms with Crippen molar-refractivity contribution in [2.45, 2.75) is 19.4 Å². The van der Waals surface area contributed by atoms with E-state index in [9.17, 15) is 5.26 Å². The lowest BCUT2D eigenvalue weighted by atomic mass is 9.95. The number of hydrogen-bond acceptors (Lipinski definition) is 3. The van der Waals surface area contributed by atoms with Gasteiger partial charge in [-0.1, -0.05) is 36.4 Å². The maximum Gasteiger partial charge on any atom is 0.0998 e. The van der Waals surface area contributed by atoms with Gasteiger partial charge in [0.05, 0.1) is 11.6 Å². The second-order valence-corrected chi connectivity index (χ2v) is 7.44. The van der Waals surface area contributed by atoms with Crippen molar-refractivity contribution in [3.63, 3.8) is 0 Å². The molecule has 0 spiro atoms. The summed E-state index contributed by atoms with van der Waals surface area (Å²) in [6, 6.07) is 15.3. The minimum absolute atomic E-state index is 0.774. The van der Waals surface area contributed by atoms with Crippen LogP contribution in [0.3, 0.4) is 0 Å². The van der Waals surface area contributed by atoms with Gasteiger partial charge in [0.15, 0.2) is 0 Å². The number of nitriles is 1. The quantitative estimate of drug-likeness (QED) is 0.846. The largest absolute Gasteiger partial charge is 0.305 e. The number of nitrogens with zero attached hydrogens (tertiary/aromatic N) is 3. The Morgan fingerprint density at radius 1 is 1.04 bits per heavy atom. The first-order chi connectivity index (χ1) is 12.7. The maximum absolute atomic E-state index is 9.70. The molecule has 26 heavy (non-hydrogen) atoms. The topological polar surface area (TPSA) is 30.3 Å². The third-order valence-corrected chi connectivity index (χ3v) is 5.51. The number of likely N-dealkylation sites (N-methyl/N-ethyl adjacent to an activating group) is 1. The van der Waals surface area contributed by atoms with E-state index in [1.54, 1.807) is 0 Å². The lowest BCUT2D eigenvalue weighted by molar-refractivity contribution is 0.269. The van der Waals surface area contributed by atoms with Crippen molar-refractivity contribution in [1.82, 2.24) is 9.80 Å². The minimum atomic E-state index is 0.774. The Balaban J connectivity index is 1.57. The van der Waals surface area contributed by atoms with Crippen molar-refractivity contribution in [3.8, 4) is 17.2 Å². The van der Waals surface area contributed by atoms with E-state index < -0.39 is 0 Å². The van der Waals surface area contributed by atoms with Crippen molar-refractivity contribution in [1.29, 1.82) is 5.26 Å². The van der Waals surface area contributed by atoms with Gasteiger partial charge in [-0.3, -0.25) is 4.90 Å². The Morgan fingerprint density at radius 2 is 1.96 bits per heavy atom. The third kappa shape index (κ3) is 3.58. The number of fused-ring (bicyclic) bond motifs is 1. The van der Waals surface area contributed by atoms with Crippen LogP contribution in [0.4, 0.5) is 0 Å². The predicted molar refractivity (Wildman–Crippen MR) is 107 cm³/mol. The van der Waals surface area contributed by atoms with Crippen molar-refractivity contribution >= 4 is 6.08 Å². The zero-order valence-electron chi connectivity index (χ0n) is 15.4. The van der Waals surface area contributed by atoms with Gasteiger partial charge in [0.1, 0.15) is 0 Å². The van der Waals surface area contributed by atoms with Gasteiger partial charge < -0.3 is 4.90 Å². The lowest BCUT2D eigenvalue weighted by Gasteiger charge is -2.20. The molecule has 1 saturated heterocycles. The molecule has 1 aliphatic carbocycles. The zero-order valence-corrected chi connectivity index (χ0v) is 15.4. The van der Waals surface area contributed by atoms with Crippen LogP contribution in [0.5, 0.6) is 0 Å². The number of benzene rings is 2. The zero-order chi connectivity index (χ0) is 17.9. The molecular weight excluding hydrogens is 318 g/mol. The number of rotatable bonds is 3. The second-order valence-electron chi connectivity index (χ2n) is 7.44. The van der Waals surface area contributed by atoms with Crippen LogP contribution in [-0.4, -0.2) is 43.0 Å². The molecule has 2 aromatic carbocycles. The first kappa shape index (κ1) is 17.0. The standard InChI is InChI=1S/C23H25N3/c1-25-10-3-11-26(13-12-25)17-18-6-9-23(22(14-18)16-24)21-8-7-19-4-2-5-20(19)15-21/h2,5-9,14-15H,3-4,10-13,17H2,1H3. The van der Waals surface area contributed by atoms with Gasteiger partial charge in [-0.25, -0.2) is 0 Å². The molecule has 132 valence electrons. The summed E-state index contributed by atoms with van der Waals surface area (Å²) in [5, 5.41) is 9.70. The highest BCUT2D eigenvalue weighted by Gasteiger charge is 2.14. The molecule has 3 nitrogen and oxygen atoms in total. The van der Waals surface area contributed by atoms with Crippen LogP contribution in [0, 0.1) is 11.3 Å². The van der Waals surface area contributed by atoms with Crippen LogP contribution >= 0.6 is 0 Å². The predicted octanol–water partition coefficient (Wildman–Crippen LogP) is 3.93. The molecular formula is C23H25N3. The molecule has 0 saturated carbocycles. The Morgan fingerprint density at radius 3 is 2.85 bits per heavy atom. The summed E-state index contributed by atoms with van der Waals surface area (Å²) >= 11 is 0. The monoisotopic (exact) mass is 343 g/mol. The van der Waals surface area contributed by atoms with Crippen LogP contribution < -0.4 is 0 Å². The molecule has 1 heterocycles. The molecule has 0 atom stereocenters. The molecule has 0 amide bonds. The van der Waals surface area contributed by atoms with Gasteiger partial charge in [-0.05, 0) is 72.9 Å². The van der Waals surface area contributed by atoms with Crippen LogP contribution in [0.2, 0.25) is 0 Å². The van der Waals surface area contributed by atoms with Crippen molar-refractivity contribution in [2.24, 2.45) is 0 Å². The first-order valence-corrected chi connectivity index (χ1v) is 9.47. The summed E-state index contributed by atoms with van der Waals surface area (Å²) in [4.78, 5) is 4.89. The van der Waals surface area contributed by atoms with Gasteiger partial charge in [0, 0.05) is 19.6 Å². The van der Waals surface area contributed by atoms with Crippen molar-refractivity contribution in [2.75, 3.05) is 33.2 Å². The molecule has 0 aromatic heterocycles. The molecule has 1 fully saturated rings. The summed E-state index contributed by atoms with van der Waals surface area (Å²) in [5.41, 5.74) is 6.83. The number of hydrogen-bond donors (Lipinski definition) is 0. The SMILES string of the molecule is CN1CCCN(Cc2ccc(-c3ccc4c(c3)C=CC4)c(C#N)c2)CC1. The smallest absolute Gasteiger partial charge is 0.0998 e. The first-order valence-electron chi connectivity index (χ1n) is 9.47. The van der Waals surface area contributed by atoms with E-state index in [1.807, 2.05) is 0 Å². The van der Waals surface area contributed by atoms with Gasteiger partial charge in [-0.2, -0.15) is 5.26 Å². The maximum atomic E-state index is 9.70. The summed E-state index contributed by atoms with van der Waals surface area (Å²) in [6.45, 7) is 5.44. The van der Waals surface area contributed by atoms with Gasteiger partial charge >= 0.3 is 0 Å². The summed E-state index contributed by atoms with van der Waals surface area (Å²) in [6.07, 6.45) is 6.60. The molecule has 0 bridgehead atoms. The van der Waals surface area contributed by atoms with Crippen LogP contribution in [0.15, 0.2) is 42.5 Å². The average molecular weight is 343 g/mol. The second kappa shape index (κ2) is 7.45. The van der Waals surface area contributed by atoms with Gasteiger partial charge in [0.2, 0.25) is 0 Å². The molecule has 2 aliphatic rings. The summed E-state index contributed by atoms with van der Waals surface area (Å²) < 4.78 is 0. The van der Waals surface area contributed by atoms with Gasteiger partial charge in [0.25, 0.3) is 0 Å².